The van der Waals surface area contributed by atoms with Crippen LogP contribution in [0.4, 0.5) is 18.9 Å². The molecule has 1 aromatic heterocycles. The van der Waals surface area contributed by atoms with Crippen molar-refractivity contribution < 1.29 is 17.9 Å². The molecule has 8 heteroatoms. The predicted molar refractivity (Wildman–Crippen MR) is 100.0 cm³/mol. The average molecular weight is 376 g/mol. The largest absolute Gasteiger partial charge is 0.573 e. The summed E-state index contributed by atoms with van der Waals surface area (Å²) in [5.41, 5.74) is 9.81. The van der Waals surface area contributed by atoms with E-state index >= 15 is 0 Å². The molecule has 2 aromatic carbocycles. The minimum atomic E-state index is -4.71. The molecule has 0 fully saturated rings. The second kappa shape index (κ2) is 7.61. The molecule has 0 aliphatic heterocycles. The van der Waals surface area contributed by atoms with Gasteiger partial charge in [-0.15, -0.1) is 13.2 Å². The van der Waals surface area contributed by atoms with Gasteiger partial charge in [-0.05, 0) is 54.8 Å². The van der Waals surface area contributed by atoms with Crippen molar-refractivity contribution in [2.24, 2.45) is 10.7 Å². The maximum atomic E-state index is 12.2. The molecule has 27 heavy (non-hydrogen) atoms. The van der Waals surface area contributed by atoms with Crippen LogP contribution in [0, 0.1) is 6.92 Å². The van der Waals surface area contributed by atoms with E-state index in [0.29, 0.717) is 18.7 Å². The van der Waals surface area contributed by atoms with Crippen LogP contribution in [-0.2, 0) is 6.42 Å². The minimum Gasteiger partial charge on any atom is -0.406 e. The zero-order valence-electron chi connectivity index (χ0n) is 14.6. The number of aryl methyl sites for hydroxylation is 1. The van der Waals surface area contributed by atoms with E-state index in [1.165, 1.54) is 35.2 Å². The van der Waals surface area contributed by atoms with Crippen molar-refractivity contribution in [2.75, 3.05) is 11.9 Å². The molecule has 0 spiro atoms. The zero-order chi connectivity index (χ0) is 19.4. The maximum Gasteiger partial charge on any atom is 0.573 e. The van der Waals surface area contributed by atoms with Gasteiger partial charge in [-0.3, -0.25) is 4.99 Å². The van der Waals surface area contributed by atoms with Gasteiger partial charge in [0.1, 0.15) is 5.75 Å². The number of nitrogens with two attached hydrogens (primary N) is 1. The van der Waals surface area contributed by atoms with Gasteiger partial charge in [0.15, 0.2) is 5.96 Å². The first-order valence-corrected chi connectivity index (χ1v) is 8.30. The van der Waals surface area contributed by atoms with Crippen LogP contribution in [0.1, 0.15) is 11.1 Å². The molecular formula is C19H19F3N4O. The molecule has 0 saturated heterocycles. The van der Waals surface area contributed by atoms with E-state index in [-0.39, 0.29) is 11.7 Å². The first kappa shape index (κ1) is 18.6. The van der Waals surface area contributed by atoms with Crippen molar-refractivity contribution in [3.05, 3.63) is 59.8 Å². The van der Waals surface area contributed by atoms with Gasteiger partial charge in [0.2, 0.25) is 0 Å². The summed E-state index contributed by atoms with van der Waals surface area (Å²) in [5.74, 6) is -0.102. The molecule has 3 rings (SSSR count). The first-order chi connectivity index (χ1) is 12.8. The fourth-order valence-electron chi connectivity index (χ4n) is 2.87. The third-order valence-electron chi connectivity index (χ3n) is 4.02. The van der Waals surface area contributed by atoms with E-state index in [4.69, 9.17) is 5.73 Å². The van der Waals surface area contributed by atoms with Crippen LogP contribution in [-0.4, -0.2) is 23.9 Å². The van der Waals surface area contributed by atoms with Crippen LogP contribution in [0.5, 0.6) is 5.75 Å². The van der Waals surface area contributed by atoms with E-state index in [1.54, 1.807) is 0 Å². The van der Waals surface area contributed by atoms with Crippen molar-refractivity contribution in [1.82, 2.24) is 4.98 Å². The van der Waals surface area contributed by atoms with Gasteiger partial charge in [-0.2, -0.15) is 0 Å². The summed E-state index contributed by atoms with van der Waals surface area (Å²) in [6.45, 7) is 2.54. The van der Waals surface area contributed by atoms with Crippen molar-refractivity contribution in [3.63, 3.8) is 0 Å². The Balaban J connectivity index is 1.58. The van der Waals surface area contributed by atoms with Crippen LogP contribution in [0.15, 0.2) is 53.7 Å². The number of aromatic nitrogens is 1. The molecule has 5 nitrogen and oxygen atoms in total. The highest BCUT2D eigenvalue weighted by Crippen LogP contribution is 2.24. The highest BCUT2D eigenvalue weighted by atomic mass is 19.4. The molecule has 0 atom stereocenters. The molecule has 0 radical (unpaired) electrons. The molecule has 142 valence electrons. The van der Waals surface area contributed by atoms with Crippen molar-refractivity contribution in [2.45, 2.75) is 19.7 Å². The first-order valence-electron chi connectivity index (χ1n) is 8.30. The lowest BCUT2D eigenvalue weighted by atomic mass is 10.1. The second-order valence-corrected chi connectivity index (χ2v) is 6.03. The average Bonchev–Trinajstić information content (AvgIpc) is 3.00. The molecule has 0 saturated carbocycles. The number of benzene rings is 2. The zero-order valence-corrected chi connectivity index (χ0v) is 14.6. The van der Waals surface area contributed by atoms with Crippen LogP contribution in [0.25, 0.3) is 10.9 Å². The van der Waals surface area contributed by atoms with Gasteiger partial charge in [-0.1, -0.05) is 12.1 Å². The number of hydrogen-bond acceptors (Lipinski definition) is 2. The molecule has 0 amide bonds. The van der Waals surface area contributed by atoms with Crippen molar-refractivity contribution in [1.29, 1.82) is 0 Å². The Labute approximate surface area is 154 Å². The number of fused-ring (bicyclic) bond motifs is 1. The van der Waals surface area contributed by atoms with Crippen molar-refractivity contribution >= 4 is 22.5 Å². The van der Waals surface area contributed by atoms with Crippen LogP contribution in [0.3, 0.4) is 0 Å². The van der Waals surface area contributed by atoms with E-state index < -0.39 is 6.36 Å². The third-order valence-corrected chi connectivity index (χ3v) is 4.02. The number of hydrogen-bond donors (Lipinski definition) is 3. The fourth-order valence-corrected chi connectivity index (χ4v) is 2.87. The number of aromatic amines is 1. The maximum absolute atomic E-state index is 12.2. The van der Waals surface area contributed by atoms with Gasteiger partial charge >= 0.3 is 6.36 Å². The minimum absolute atomic E-state index is 0.191. The van der Waals surface area contributed by atoms with Crippen LogP contribution < -0.4 is 15.8 Å². The van der Waals surface area contributed by atoms with Gasteiger partial charge < -0.3 is 20.8 Å². The molecule has 0 aliphatic carbocycles. The fraction of sp³-hybridized carbons (Fsp3) is 0.211. The normalized spacial score (nSPS) is 12.4. The summed E-state index contributed by atoms with van der Waals surface area (Å²) in [6.07, 6.45) is -2.03. The van der Waals surface area contributed by atoms with E-state index in [1.807, 2.05) is 18.3 Å². The predicted octanol–water partition coefficient (Wildman–Crippen LogP) is 4.34. The quantitative estimate of drug-likeness (QED) is 0.458. The monoisotopic (exact) mass is 376 g/mol. The number of aliphatic imine (C=N–C) groups is 1. The number of nitrogens with zero attached hydrogens (tertiary/aromatic N) is 1. The number of H-pyrrole nitrogens is 1. The lowest BCUT2D eigenvalue weighted by Gasteiger charge is -2.10. The summed E-state index contributed by atoms with van der Waals surface area (Å²) < 4.78 is 40.3. The number of anilines is 1. The Morgan fingerprint density at radius 2 is 1.93 bits per heavy atom. The Hall–Kier alpha value is -3.16. The Kier molecular flexibility index (Phi) is 5.25. The second-order valence-electron chi connectivity index (χ2n) is 6.03. The topological polar surface area (TPSA) is 75.4 Å². The Morgan fingerprint density at radius 1 is 1.19 bits per heavy atom. The lowest BCUT2D eigenvalue weighted by Crippen LogP contribution is -2.23. The van der Waals surface area contributed by atoms with Gasteiger partial charge in [-0.25, -0.2) is 0 Å². The summed E-state index contributed by atoms with van der Waals surface area (Å²) >= 11 is 0. The Morgan fingerprint density at radius 3 is 2.63 bits per heavy atom. The third kappa shape index (κ3) is 4.93. The number of alkyl halides is 3. The Bertz CT molecular complexity index is 946. The van der Waals surface area contributed by atoms with E-state index in [9.17, 15) is 13.2 Å². The SMILES string of the molecule is Cc1cccc2[nH]cc(CCN=C(N)Nc3ccc(OC(F)(F)F)cc3)c12. The summed E-state index contributed by atoms with van der Waals surface area (Å²) in [6, 6.07) is 11.4. The molecular weight excluding hydrogens is 357 g/mol. The van der Waals surface area contributed by atoms with Crippen LogP contribution >= 0.6 is 0 Å². The summed E-state index contributed by atoms with van der Waals surface area (Å²) in [7, 11) is 0. The number of rotatable bonds is 5. The van der Waals surface area contributed by atoms with Crippen LogP contribution in [0.2, 0.25) is 0 Å². The standard InChI is InChI=1S/C19H19F3N4O/c1-12-3-2-4-16-17(12)13(11-25-16)9-10-24-18(23)26-14-5-7-15(8-6-14)27-19(20,21)22/h2-8,11,25H,9-10H2,1H3,(H3,23,24,26). The summed E-state index contributed by atoms with van der Waals surface area (Å²) in [5, 5.41) is 4.04. The van der Waals surface area contributed by atoms with Gasteiger partial charge in [0.25, 0.3) is 0 Å². The van der Waals surface area contributed by atoms with Gasteiger partial charge in [0, 0.05) is 29.3 Å². The number of ether oxygens (including phenoxy) is 1. The molecule has 0 aliphatic rings. The smallest absolute Gasteiger partial charge is 0.406 e. The van der Waals surface area contributed by atoms with E-state index in [0.717, 1.165) is 11.1 Å². The summed E-state index contributed by atoms with van der Waals surface area (Å²) in [4.78, 5) is 7.51. The molecule has 1 heterocycles. The van der Waals surface area contributed by atoms with E-state index in [2.05, 4.69) is 33.0 Å². The molecule has 0 bridgehead atoms. The highest BCUT2D eigenvalue weighted by Gasteiger charge is 2.30. The molecule has 3 aromatic rings. The highest BCUT2D eigenvalue weighted by molar-refractivity contribution is 5.92. The number of guanidine groups is 1. The van der Waals surface area contributed by atoms with Crippen molar-refractivity contribution in [3.8, 4) is 5.75 Å². The number of nitrogens with one attached hydrogen (secondary N) is 2. The molecule has 0 unspecified atom stereocenters. The number of halogens is 3. The van der Waals surface area contributed by atoms with Gasteiger partial charge in [0.05, 0.1) is 0 Å². The lowest BCUT2D eigenvalue weighted by molar-refractivity contribution is -0.274. The molecule has 4 N–H and O–H groups in total.